The van der Waals surface area contributed by atoms with E-state index in [0.717, 1.165) is 184 Å². The molecule has 6 heterocycles. The summed E-state index contributed by atoms with van der Waals surface area (Å²) in [5.41, 5.74) is 34.9. The first kappa shape index (κ1) is 82.3. The molecule has 24 rings (SSSR count). The first-order chi connectivity index (χ1) is 66.9. The number of hydrogen-bond acceptors (Lipinski definition) is 12. The smallest absolute Gasteiger partial charge is 0.227 e. The van der Waals surface area contributed by atoms with Gasteiger partial charge in [0, 0.05) is 83.5 Å². The standard InChI is InChI=1S/3C41H27N3O/c1-4-12-28(13-5-1)29-22-24-31(25-23-29)40-42-36(30-14-6-2-7-15-30)27-37(43-40)34-19-10-18-33(26-34)35-20-11-21-38-39(35)44-41(45-38)32-16-8-3-9-17-32;1-4-13-28(14-5-1)29-23-25-31(26-24-29)40-42-36(30-15-6-2-7-16-30)27-37(43-40)34-20-11-10-19-33(34)35-21-12-22-38-39(35)44-41(45-38)32-17-8-3-9-18-32;1-4-11-28(12-5-1)29-19-25-33(26-20-29)40-42-37(31-13-6-2-7-14-31)27-38(43-40)32-23-21-30(22-24-32)35-17-10-18-36-39(35)45-41(44-36)34-15-8-3-9-16-34/h3*1-27H. The van der Waals surface area contributed by atoms with Crippen molar-refractivity contribution in [3.05, 3.63) is 491 Å². The Labute approximate surface area is 780 Å². The quantitative estimate of drug-likeness (QED) is 0.0803. The molecule has 0 N–H and O–H groups in total. The van der Waals surface area contributed by atoms with Gasteiger partial charge in [0.1, 0.15) is 16.6 Å². The van der Waals surface area contributed by atoms with Gasteiger partial charge in [-0.15, -0.1) is 0 Å². The molecule has 636 valence electrons. The van der Waals surface area contributed by atoms with Crippen molar-refractivity contribution in [3.8, 4) is 203 Å². The number of aromatic nitrogens is 9. The first-order valence-electron chi connectivity index (χ1n) is 44.8. The number of nitrogens with zero attached hydrogens (tertiary/aromatic N) is 9. The van der Waals surface area contributed by atoms with Gasteiger partial charge in [-0.1, -0.05) is 413 Å². The van der Waals surface area contributed by atoms with E-state index in [0.29, 0.717) is 35.1 Å². The fourth-order valence-corrected chi connectivity index (χ4v) is 17.0. The molecule has 0 fully saturated rings. The molecule has 24 aromatic rings. The fourth-order valence-electron chi connectivity index (χ4n) is 17.0. The summed E-state index contributed by atoms with van der Waals surface area (Å²) in [7, 11) is 0. The maximum Gasteiger partial charge on any atom is 0.227 e. The van der Waals surface area contributed by atoms with Crippen LogP contribution in [0.1, 0.15) is 0 Å². The highest BCUT2D eigenvalue weighted by molar-refractivity contribution is 5.99. The van der Waals surface area contributed by atoms with Gasteiger partial charge in [0.05, 0.1) is 34.2 Å². The van der Waals surface area contributed by atoms with Crippen LogP contribution >= 0.6 is 0 Å². The number of oxazole rings is 3. The summed E-state index contributed by atoms with van der Waals surface area (Å²) in [6.07, 6.45) is 0. The summed E-state index contributed by atoms with van der Waals surface area (Å²) in [6.45, 7) is 0. The molecule has 135 heavy (non-hydrogen) atoms. The lowest BCUT2D eigenvalue weighted by atomic mass is 9.95. The van der Waals surface area contributed by atoms with Crippen molar-refractivity contribution in [3.63, 3.8) is 0 Å². The normalized spacial score (nSPS) is 11.1. The second-order valence-corrected chi connectivity index (χ2v) is 32.6. The van der Waals surface area contributed by atoms with Crippen LogP contribution in [0.15, 0.2) is 505 Å². The lowest BCUT2D eigenvalue weighted by Crippen LogP contribution is -1.97. The molecule has 0 spiro atoms. The topological polar surface area (TPSA) is 155 Å². The van der Waals surface area contributed by atoms with Gasteiger partial charge in [0.15, 0.2) is 34.2 Å². The van der Waals surface area contributed by atoms with Gasteiger partial charge in [-0.3, -0.25) is 0 Å². The number of para-hydroxylation sites is 3. The Hall–Kier alpha value is -18.4. The van der Waals surface area contributed by atoms with Crippen molar-refractivity contribution >= 4 is 33.3 Å². The lowest BCUT2D eigenvalue weighted by Gasteiger charge is -2.13. The van der Waals surface area contributed by atoms with Crippen molar-refractivity contribution in [1.82, 2.24) is 44.9 Å². The molecule has 0 aliphatic carbocycles. The highest BCUT2D eigenvalue weighted by Gasteiger charge is 2.23. The Morgan fingerprint density at radius 2 is 0.393 bits per heavy atom. The Morgan fingerprint density at radius 1 is 0.133 bits per heavy atom. The number of hydrogen-bond donors (Lipinski definition) is 0. The Bertz CT molecular complexity index is 8260. The van der Waals surface area contributed by atoms with Gasteiger partial charge in [-0.25, -0.2) is 44.9 Å². The molecular formula is C123H81N9O3. The van der Waals surface area contributed by atoms with Gasteiger partial charge in [-0.2, -0.15) is 0 Å². The monoisotopic (exact) mass is 1730 g/mol. The predicted molar refractivity (Wildman–Crippen MR) is 547 cm³/mol. The maximum absolute atomic E-state index is 6.29. The zero-order chi connectivity index (χ0) is 90.0. The third-order valence-corrected chi connectivity index (χ3v) is 23.9. The molecule has 18 aromatic carbocycles. The maximum atomic E-state index is 6.29. The summed E-state index contributed by atoms with van der Waals surface area (Å²) >= 11 is 0. The molecule has 0 saturated carbocycles. The highest BCUT2D eigenvalue weighted by Crippen LogP contribution is 2.43. The molecule has 0 amide bonds. The minimum absolute atomic E-state index is 0.602. The molecule has 0 unspecified atom stereocenters. The van der Waals surface area contributed by atoms with Crippen LogP contribution in [-0.4, -0.2) is 44.9 Å². The molecule has 0 saturated heterocycles. The molecule has 0 aliphatic rings. The third-order valence-electron chi connectivity index (χ3n) is 23.9. The van der Waals surface area contributed by atoms with E-state index in [4.69, 9.17) is 58.1 Å². The van der Waals surface area contributed by atoms with Crippen LogP contribution < -0.4 is 0 Å². The summed E-state index contributed by atoms with van der Waals surface area (Å²) < 4.78 is 18.7. The van der Waals surface area contributed by atoms with Crippen molar-refractivity contribution in [2.24, 2.45) is 0 Å². The second kappa shape index (κ2) is 37.7. The third kappa shape index (κ3) is 17.9. The zero-order valence-corrected chi connectivity index (χ0v) is 73.0. The summed E-state index contributed by atoms with van der Waals surface area (Å²) in [4.78, 5) is 45.0. The zero-order valence-electron chi connectivity index (χ0n) is 73.0. The van der Waals surface area contributed by atoms with Gasteiger partial charge >= 0.3 is 0 Å². The van der Waals surface area contributed by atoms with Crippen molar-refractivity contribution in [2.75, 3.05) is 0 Å². The van der Waals surface area contributed by atoms with Gasteiger partial charge in [-0.05, 0) is 129 Å². The summed E-state index contributed by atoms with van der Waals surface area (Å²) in [5.74, 6) is 3.88. The van der Waals surface area contributed by atoms with Crippen molar-refractivity contribution in [2.45, 2.75) is 0 Å². The minimum atomic E-state index is 0.602. The average molecular weight is 1730 g/mol. The molecule has 0 atom stereocenters. The van der Waals surface area contributed by atoms with E-state index in [2.05, 4.69) is 291 Å². The largest absolute Gasteiger partial charge is 0.436 e. The second-order valence-electron chi connectivity index (χ2n) is 32.6. The Morgan fingerprint density at radius 3 is 0.807 bits per heavy atom. The van der Waals surface area contributed by atoms with E-state index in [-0.39, 0.29) is 0 Å². The lowest BCUT2D eigenvalue weighted by molar-refractivity contribution is 0.619. The van der Waals surface area contributed by atoms with E-state index in [1.807, 2.05) is 200 Å². The SMILES string of the molecule is c1ccc(-c2ccc(-c3nc(-c4ccccc4)cc(-c4ccc(-c5cccc6nc(-c7ccccc7)oc56)cc4)n3)cc2)cc1.c1ccc(-c2ccc(-c3nc(-c4ccccc4)cc(-c4cccc(-c5cccc6oc(-c7ccccc7)nc56)c4)n3)cc2)cc1.c1ccc(-c2ccc(-c3nc(-c4ccccc4)cc(-c4ccccc4-c4cccc5oc(-c6ccccc6)nc45)n3)cc2)cc1. The predicted octanol–water partition coefficient (Wildman–Crippen LogP) is 31.9. The van der Waals surface area contributed by atoms with Crippen LogP contribution in [0, 0.1) is 0 Å². The Balaban J connectivity index is 0.000000118. The Kier molecular flexibility index (Phi) is 23.0. The van der Waals surface area contributed by atoms with Crippen LogP contribution in [-0.2, 0) is 0 Å². The van der Waals surface area contributed by atoms with Crippen LogP contribution in [0.25, 0.3) is 236 Å². The van der Waals surface area contributed by atoms with Gasteiger partial charge < -0.3 is 13.3 Å². The molecule has 12 nitrogen and oxygen atoms in total. The van der Waals surface area contributed by atoms with Crippen molar-refractivity contribution in [1.29, 1.82) is 0 Å². The molecule has 6 aromatic heterocycles. The van der Waals surface area contributed by atoms with Crippen molar-refractivity contribution < 1.29 is 13.3 Å². The molecule has 0 bridgehead atoms. The summed E-state index contributed by atoms with van der Waals surface area (Å²) in [5, 5.41) is 0. The van der Waals surface area contributed by atoms with E-state index in [9.17, 15) is 0 Å². The summed E-state index contributed by atoms with van der Waals surface area (Å²) in [6, 6.07) is 167. The highest BCUT2D eigenvalue weighted by atomic mass is 16.4. The number of fused-ring (bicyclic) bond motifs is 3. The molecule has 0 radical (unpaired) electrons. The molecular weight excluding hydrogens is 1650 g/mol. The molecule has 12 heteroatoms. The minimum Gasteiger partial charge on any atom is -0.436 e. The number of rotatable bonds is 18. The van der Waals surface area contributed by atoms with Gasteiger partial charge in [0.25, 0.3) is 0 Å². The molecule has 0 aliphatic heterocycles. The van der Waals surface area contributed by atoms with E-state index in [1.165, 1.54) is 16.7 Å². The van der Waals surface area contributed by atoms with E-state index in [1.54, 1.807) is 0 Å². The average Bonchev–Trinajstić information content (AvgIpc) is 1.74. The first-order valence-corrected chi connectivity index (χ1v) is 44.8. The fraction of sp³-hybridized carbons (Fsp3) is 0. The van der Waals surface area contributed by atoms with Crippen LogP contribution in [0.4, 0.5) is 0 Å². The van der Waals surface area contributed by atoms with Gasteiger partial charge in [0.2, 0.25) is 17.7 Å². The van der Waals surface area contributed by atoms with E-state index < -0.39 is 0 Å². The van der Waals surface area contributed by atoms with Crippen LogP contribution in [0.5, 0.6) is 0 Å². The van der Waals surface area contributed by atoms with Crippen LogP contribution in [0.3, 0.4) is 0 Å². The van der Waals surface area contributed by atoms with Crippen LogP contribution in [0.2, 0.25) is 0 Å². The number of benzene rings is 18. The van der Waals surface area contributed by atoms with E-state index >= 15 is 0 Å².